The number of hydroxylamine groups is 1. The molecule has 328 valence electrons. The number of halogens is 2. The summed E-state index contributed by atoms with van der Waals surface area (Å²) in [5.74, 6) is 3.70. The smallest absolute Gasteiger partial charge is 0.311 e. The zero-order valence-electron chi connectivity index (χ0n) is 34.7. The molecular formula is C40H68Cl2N10O6. The number of ether oxygens (including phenoxy) is 2. The van der Waals surface area contributed by atoms with Gasteiger partial charge in [-0.3, -0.25) is 10.1 Å². The van der Waals surface area contributed by atoms with Crippen molar-refractivity contribution < 1.29 is 59.0 Å². The van der Waals surface area contributed by atoms with Crippen molar-refractivity contribution in [2.24, 2.45) is 11.8 Å². The molecule has 18 heteroatoms. The van der Waals surface area contributed by atoms with Crippen LogP contribution in [0, 0.1) is 22.0 Å². The van der Waals surface area contributed by atoms with E-state index in [0.717, 1.165) is 102 Å². The van der Waals surface area contributed by atoms with Gasteiger partial charge in [-0.2, -0.15) is 5.48 Å². The highest BCUT2D eigenvalue weighted by Gasteiger charge is 2.48. The quantitative estimate of drug-likeness (QED) is 0.129. The van der Waals surface area contributed by atoms with Crippen molar-refractivity contribution >= 4 is 0 Å². The fraction of sp³-hybridized carbons (Fsp3) is 0.950. The lowest BCUT2D eigenvalue weighted by molar-refractivity contribution is -0.859. The van der Waals surface area contributed by atoms with Crippen molar-refractivity contribution in [2.45, 2.75) is 214 Å². The minimum atomic E-state index is -0.453. The molecule has 6 unspecified atom stereocenters. The Labute approximate surface area is 355 Å². The summed E-state index contributed by atoms with van der Waals surface area (Å²) in [7, 11) is 3.74. The second-order valence-corrected chi connectivity index (χ2v) is 18.3. The summed E-state index contributed by atoms with van der Waals surface area (Å²) >= 11 is 0. The third kappa shape index (κ3) is 9.99. The second-order valence-electron chi connectivity index (χ2n) is 18.3. The Hall–Kier alpha value is -2.08. The normalized spacial score (nSPS) is 34.2. The zero-order valence-corrected chi connectivity index (χ0v) is 36.2. The van der Waals surface area contributed by atoms with Gasteiger partial charge in [0.2, 0.25) is 6.04 Å². The van der Waals surface area contributed by atoms with E-state index in [1.54, 1.807) is 0 Å². The summed E-state index contributed by atoms with van der Waals surface area (Å²) in [5, 5.41) is 41.6. The van der Waals surface area contributed by atoms with Crippen LogP contribution in [0.4, 0.5) is 0 Å². The molecule has 2 N–H and O–H groups in total. The SMILES string of the molecule is COC1CC(n2nc(C3CCCCC3)n[n+]2C2CCC(NOO)CC2)CCC1C1CCC([n+]2nc(C3CCCCC3)nn2C2CCC([N+](=O)[O-])CC2)C(OC)C1.[Cl-].[Cl-]. The summed E-state index contributed by atoms with van der Waals surface area (Å²) < 4.78 is 12.8. The molecule has 6 saturated carbocycles. The lowest BCUT2D eigenvalue weighted by Crippen LogP contribution is -3.00. The summed E-state index contributed by atoms with van der Waals surface area (Å²) in [5.41, 5.74) is 2.75. The van der Waals surface area contributed by atoms with Gasteiger partial charge in [0, 0.05) is 44.4 Å². The van der Waals surface area contributed by atoms with E-state index in [1.807, 2.05) is 14.2 Å². The van der Waals surface area contributed by atoms with E-state index in [0.29, 0.717) is 36.5 Å². The molecule has 0 radical (unpaired) electrons. The predicted octanol–water partition coefficient (Wildman–Crippen LogP) is 0.199. The van der Waals surface area contributed by atoms with E-state index in [1.165, 1.54) is 51.4 Å². The summed E-state index contributed by atoms with van der Waals surface area (Å²) in [6.07, 6.45) is 24.8. The standard InChI is InChI=1S/C40H67N10O6.2ClH/c1-54-37-26-34(48-43-39(27-9-5-3-6-10-27)41-46(48)31-16-14-30(15-17-31)45-56-53)22-23-35(37)29-13-24-36(38(25-29)55-2)49-44-40(28-11-7-4-8-12-28)42-47(49)32-18-20-33(21-19-32)50(51)52;;/h27-38,45H,3-26H2,1-2H3;2*1H/q+1;;/p-1. The minimum Gasteiger partial charge on any atom is -1.00 e. The molecule has 0 aliphatic heterocycles. The van der Waals surface area contributed by atoms with Crippen LogP contribution < -0.4 is 39.9 Å². The maximum absolute atomic E-state index is 11.6. The van der Waals surface area contributed by atoms with E-state index in [4.69, 9.17) is 35.1 Å². The number of tetrazole rings is 2. The van der Waals surface area contributed by atoms with Crippen molar-refractivity contribution in [1.29, 1.82) is 0 Å². The Morgan fingerprint density at radius 2 is 1.24 bits per heavy atom. The molecular weight excluding hydrogens is 787 g/mol. The Morgan fingerprint density at radius 1 is 0.672 bits per heavy atom. The summed E-state index contributed by atoms with van der Waals surface area (Å²) in [6, 6.07) is 0.396. The largest absolute Gasteiger partial charge is 1.00 e. The van der Waals surface area contributed by atoms with Crippen molar-refractivity contribution in [3.8, 4) is 0 Å². The molecule has 0 saturated heterocycles. The monoisotopic (exact) mass is 854 g/mol. The summed E-state index contributed by atoms with van der Waals surface area (Å²) in [6.45, 7) is 0. The van der Waals surface area contributed by atoms with Gasteiger partial charge in [-0.25, -0.2) is 5.26 Å². The van der Waals surface area contributed by atoms with E-state index in [2.05, 4.69) is 29.7 Å². The van der Waals surface area contributed by atoms with Crippen LogP contribution in [-0.2, 0) is 14.5 Å². The molecule has 2 aromatic rings. The average Bonchev–Trinajstić information content (AvgIpc) is 3.91. The third-order valence-electron chi connectivity index (χ3n) is 15.2. The average molecular weight is 856 g/mol. The van der Waals surface area contributed by atoms with Crippen LogP contribution in [0.25, 0.3) is 0 Å². The molecule has 2 heterocycles. The fourth-order valence-corrected chi connectivity index (χ4v) is 11.9. The Balaban J connectivity index is 0.00000283. The van der Waals surface area contributed by atoms with Gasteiger partial charge in [-0.1, -0.05) is 48.1 Å². The number of nitrogens with one attached hydrogen (secondary N) is 1. The highest BCUT2D eigenvalue weighted by atomic mass is 35.5. The van der Waals surface area contributed by atoms with Crippen LogP contribution >= 0.6 is 0 Å². The first-order chi connectivity index (χ1) is 27.4. The van der Waals surface area contributed by atoms with Crippen molar-refractivity contribution in [3.05, 3.63) is 21.8 Å². The highest BCUT2D eigenvalue weighted by Crippen LogP contribution is 2.45. The van der Waals surface area contributed by atoms with Gasteiger partial charge in [0.1, 0.15) is 24.2 Å². The topological polar surface area (TPSA) is 172 Å². The van der Waals surface area contributed by atoms with E-state index in [-0.39, 0.29) is 72.2 Å². The first-order valence-electron chi connectivity index (χ1n) is 22.5. The predicted molar refractivity (Wildman–Crippen MR) is 203 cm³/mol. The van der Waals surface area contributed by atoms with Crippen LogP contribution in [0.15, 0.2) is 0 Å². The molecule has 2 aromatic heterocycles. The maximum atomic E-state index is 11.6. The van der Waals surface area contributed by atoms with Crippen molar-refractivity contribution in [2.75, 3.05) is 14.2 Å². The van der Waals surface area contributed by atoms with Gasteiger partial charge < -0.3 is 34.3 Å². The Morgan fingerprint density at radius 3 is 1.81 bits per heavy atom. The maximum Gasteiger partial charge on any atom is 0.311 e. The number of nitrogens with zero attached hydrogens (tertiary/aromatic N) is 9. The van der Waals surface area contributed by atoms with Crippen LogP contribution in [0.3, 0.4) is 0 Å². The van der Waals surface area contributed by atoms with Gasteiger partial charge in [-0.15, -0.1) is 4.99 Å². The number of methoxy groups -OCH3 is 2. The number of rotatable bonds is 12. The first kappa shape index (κ1) is 45.4. The summed E-state index contributed by atoms with van der Waals surface area (Å²) in [4.78, 5) is 24.6. The van der Waals surface area contributed by atoms with E-state index < -0.39 is 6.04 Å². The second kappa shape index (κ2) is 21.1. The Bertz CT molecular complexity index is 1570. The molecule has 58 heavy (non-hydrogen) atoms. The Kier molecular flexibility index (Phi) is 16.6. The molecule has 6 atom stereocenters. The lowest BCUT2D eigenvalue weighted by atomic mass is 9.69. The number of hydrogen-bond donors (Lipinski definition) is 2. The van der Waals surface area contributed by atoms with Gasteiger partial charge in [0.05, 0.1) is 28.1 Å². The van der Waals surface area contributed by atoms with Gasteiger partial charge >= 0.3 is 11.6 Å². The van der Waals surface area contributed by atoms with Crippen molar-refractivity contribution in [1.82, 2.24) is 35.5 Å². The molecule has 16 nitrogen and oxygen atoms in total. The van der Waals surface area contributed by atoms with Gasteiger partial charge in [-0.05, 0) is 128 Å². The number of nitro groups is 1. The highest BCUT2D eigenvalue weighted by molar-refractivity contribution is 4.95. The molecule has 0 bridgehead atoms. The molecule has 0 amide bonds. The molecule has 6 aliphatic carbocycles. The molecule has 6 fully saturated rings. The van der Waals surface area contributed by atoms with Gasteiger partial charge in [0.15, 0.2) is 6.04 Å². The fourth-order valence-electron chi connectivity index (χ4n) is 11.9. The van der Waals surface area contributed by atoms with Crippen LogP contribution in [0.5, 0.6) is 0 Å². The van der Waals surface area contributed by atoms with E-state index in [9.17, 15) is 10.1 Å². The number of hydrogen-bond acceptors (Lipinski definition) is 11. The first-order valence-corrected chi connectivity index (χ1v) is 22.5. The van der Waals surface area contributed by atoms with E-state index >= 15 is 0 Å². The van der Waals surface area contributed by atoms with Crippen LogP contribution in [0.2, 0.25) is 0 Å². The number of aromatic nitrogens is 8. The molecule has 0 spiro atoms. The molecule has 8 rings (SSSR count). The third-order valence-corrected chi connectivity index (χ3v) is 15.2. The zero-order chi connectivity index (χ0) is 38.6. The van der Waals surface area contributed by atoms with Crippen molar-refractivity contribution in [3.63, 3.8) is 0 Å². The van der Waals surface area contributed by atoms with Crippen LogP contribution in [-0.4, -0.2) is 78.7 Å². The molecule has 0 aromatic carbocycles. The lowest BCUT2D eigenvalue weighted by Gasteiger charge is -2.42. The minimum absolute atomic E-state index is 0. The van der Waals surface area contributed by atoms with Crippen LogP contribution in [0.1, 0.15) is 202 Å². The van der Waals surface area contributed by atoms with Gasteiger partial charge in [0.25, 0.3) is 0 Å². The molecule has 6 aliphatic rings.